The van der Waals surface area contributed by atoms with Crippen molar-refractivity contribution in [2.45, 2.75) is 11.8 Å². The topological polar surface area (TPSA) is 110 Å². The minimum absolute atomic E-state index is 0.0506. The van der Waals surface area contributed by atoms with Gasteiger partial charge in [0.15, 0.2) is 0 Å². The SMILES string of the molecule is Cc1cccc(N(CC(=O)Nc2cccc([N+](=O)[O-])c2)S(=O)(=O)c2ccccc2)c1. The second kappa shape index (κ2) is 8.75. The van der Waals surface area contributed by atoms with E-state index in [1.807, 2.05) is 13.0 Å². The summed E-state index contributed by atoms with van der Waals surface area (Å²) in [7, 11) is -4.02. The van der Waals surface area contributed by atoms with Gasteiger partial charge in [0.05, 0.1) is 15.5 Å². The third-order valence-electron chi connectivity index (χ3n) is 4.25. The zero-order valence-electron chi connectivity index (χ0n) is 16.1. The molecule has 0 spiro atoms. The number of rotatable bonds is 7. The van der Waals surface area contributed by atoms with Crippen molar-refractivity contribution in [3.8, 4) is 0 Å². The van der Waals surface area contributed by atoms with Crippen LogP contribution < -0.4 is 9.62 Å². The molecule has 3 aromatic rings. The summed E-state index contributed by atoms with van der Waals surface area (Å²) < 4.78 is 27.5. The maximum Gasteiger partial charge on any atom is 0.271 e. The summed E-state index contributed by atoms with van der Waals surface area (Å²) in [5.74, 6) is -0.628. The Morgan fingerprint density at radius 1 is 1.00 bits per heavy atom. The quantitative estimate of drug-likeness (QED) is 0.458. The number of aryl methyl sites for hydroxylation is 1. The van der Waals surface area contributed by atoms with Gasteiger partial charge in [0.1, 0.15) is 6.54 Å². The van der Waals surface area contributed by atoms with Crippen LogP contribution >= 0.6 is 0 Å². The summed E-state index contributed by atoms with van der Waals surface area (Å²) in [5, 5.41) is 13.5. The first-order valence-corrected chi connectivity index (χ1v) is 10.4. The van der Waals surface area contributed by atoms with E-state index in [9.17, 15) is 23.3 Å². The number of anilines is 2. The predicted octanol–water partition coefficient (Wildman–Crippen LogP) is 3.74. The largest absolute Gasteiger partial charge is 0.324 e. The van der Waals surface area contributed by atoms with Crippen LogP contribution in [-0.2, 0) is 14.8 Å². The molecule has 9 heteroatoms. The average Bonchev–Trinajstić information content (AvgIpc) is 2.72. The lowest BCUT2D eigenvalue weighted by Gasteiger charge is -2.24. The van der Waals surface area contributed by atoms with Crippen LogP contribution in [0.25, 0.3) is 0 Å². The van der Waals surface area contributed by atoms with Gasteiger partial charge >= 0.3 is 0 Å². The van der Waals surface area contributed by atoms with Crippen LogP contribution in [-0.4, -0.2) is 25.8 Å². The molecule has 0 unspecified atom stereocenters. The molecule has 3 aromatic carbocycles. The number of carbonyl (C=O) groups excluding carboxylic acids is 1. The second-order valence-corrected chi connectivity index (χ2v) is 8.38. The zero-order valence-corrected chi connectivity index (χ0v) is 16.9. The van der Waals surface area contributed by atoms with Gasteiger partial charge in [-0.1, -0.05) is 36.4 Å². The van der Waals surface area contributed by atoms with Crippen molar-refractivity contribution in [1.29, 1.82) is 0 Å². The van der Waals surface area contributed by atoms with E-state index in [2.05, 4.69) is 5.32 Å². The van der Waals surface area contributed by atoms with Crippen LogP contribution in [0.1, 0.15) is 5.56 Å². The van der Waals surface area contributed by atoms with E-state index >= 15 is 0 Å². The predicted molar refractivity (Wildman–Crippen MR) is 114 cm³/mol. The molecule has 0 aliphatic heterocycles. The lowest BCUT2D eigenvalue weighted by Crippen LogP contribution is -2.38. The lowest BCUT2D eigenvalue weighted by molar-refractivity contribution is -0.384. The Bertz CT molecular complexity index is 1180. The fourth-order valence-corrected chi connectivity index (χ4v) is 4.28. The van der Waals surface area contributed by atoms with Crippen LogP contribution in [0.2, 0.25) is 0 Å². The highest BCUT2D eigenvalue weighted by Gasteiger charge is 2.27. The van der Waals surface area contributed by atoms with Crippen molar-refractivity contribution in [2.75, 3.05) is 16.2 Å². The van der Waals surface area contributed by atoms with E-state index < -0.39 is 27.4 Å². The number of non-ortho nitro benzene ring substituents is 1. The maximum atomic E-state index is 13.2. The number of hydrogen-bond acceptors (Lipinski definition) is 5. The van der Waals surface area contributed by atoms with Crippen molar-refractivity contribution in [3.63, 3.8) is 0 Å². The van der Waals surface area contributed by atoms with Gasteiger partial charge < -0.3 is 5.32 Å². The molecule has 0 atom stereocenters. The summed E-state index contributed by atoms with van der Waals surface area (Å²) in [5.41, 5.74) is 1.20. The van der Waals surface area contributed by atoms with Crippen LogP contribution in [0.5, 0.6) is 0 Å². The number of nitrogens with one attached hydrogen (secondary N) is 1. The molecule has 0 aliphatic carbocycles. The molecule has 3 rings (SSSR count). The Balaban J connectivity index is 1.92. The molecule has 8 nitrogen and oxygen atoms in total. The van der Waals surface area contributed by atoms with Gasteiger partial charge in [0.25, 0.3) is 15.7 Å². The molecule has 0 radical (unpaired) electrons. The molecule has 0 aromatic heterocycles. The average molecular weight is 425 g/mol. The van der Waals surface area contributed by atoms with Crippen LogP contribution in [0, 0.1) is 17.0 Å². The first-order valence-electron chi connectivity index (χ1n) is 8.96. The molecular formula is C21H19N3O5S. The molecule has 30 heavy (non-hydrogen) atoms. The lowest BCUT2D eigenvalue weighted by atomic mass is 10.2. The molecule has 0 saturated heterocycles. The van der Waals surface area contributed by atoms with Crippen LogP contribution in [0.15, 0.2) is 83.8 Å². The summed E-state index contributed by atoms with van der Waals surface area (Å²) in [6.07, 6.45) is 0. The molecule has 1 amide bonds. The van der Waals surface area contributed by atoms with Crippen molar-refractivity contribution in [3.05, 3.63) is 94.5 Å². The number of benzene rings is 3. The first-order chi connectivity index (χ1) is 14.3. The van der Waals surface area contributed by atoms with Crippen molar-refractivity contribution in [2.24, 2.45) is 0 Å². The van der Waals surface area contributed by atoms with Crippen LogP contribution in [0.4, 0.5) is 17.1 Å². The number of amides is 1. The summed E-state index contributed by atoms with van der Waals surface area (Å²) in [6, 6.07) is 20.1. The fraction of sp³-hybridized carbons (Fsp3) is 0.0952. The van der Waals surface area contributed by atoms with Crippen molar-refractivity contribution >= 4 is 33.0 Å². The Labute approximate surface area is 174 Å². The maximum absolute atomic E-state index is 13.2. The van der Waals surface area contributed by atoms with Crippen molar-refractivity contribution in [1.82, 2.24) is 0 Å². The molecule has 0 fully saturated rings. The minimum Gasteiger partial charge on any atom is -0.324 e. The molecule has 0 heterocycles. The standard InChI is InChI=1S/C21H19N3O5S/c1-16-7-5-9-18(13-16)23(30(28,29)20-11-3-2-4-12-20)15-21(25)22-17-8-6-10-19(14-17)24(26)27/h2-14H,15H2,1H3,(H,22,25). The van der Waals surface area contributed by atoms with E-state index in [0.29, 0.717) is 5.69 Å². The highest BCUT2D eigenvalue weighted by molar-refractivity contribution is 7.92. The van der Waals surface area contributed by atoms with Gasteiger partial charge in [-0.3, -0.25) is 19.2 Å². The fourth-order valence-electron chi connectivity index (χ4n) is 2.85. The second-order valence-electron chi connectivity index (χ2n) is 6.52. The van der Waals surface area contributed by atoms with Crippen LogP contribution in [0.3, 0.4) is 0 Å². The first kappa shape index (κ1) is 21.0. The highest BCUT2D eigenvalue weighted by Crippen LogP contribution is 2.25. The smallest absolute Gasteiger partial charge is 0.271 e. The van der Waals surface area contributed by atoms with E-state index in [4.69, 9.17) is 0 Å². The summed E-state index contributed by atoms with van der Waals surface area (Å²) in [6.45, 7) is 1.32. The third-order valence-corrected chi connectivity index (χ3v) is 6.04. The molecular weight excluding hydrogens is 406 g/mol. The summed E-state index contributed by atoms with van der Waals surface area (Å²) in [4.78, 5) is 23.1. The Morgan fingerprint density at radius 3 is 2.37 bits per heavy atom. The van der Waals surface area contributed by atoms with Gasteiger partial charge in [-0.2, -0.15) is 0 Å². The normalized spacial score (nSPS) is 11.0. The van der Waals surface area contributed by atoms with E-state index in [-0.39, 0.29) is 16.3 Å². The number of nitro benzene ring substituents is 1. The zero-order chi connectivity index (χ0) is 21.7. The molecule has 0 bridgehead atoms. The molecule has 1 N–H and O–H groups in total. The summed E-state index contributed by atoms with van der Waals surface area (Å²) >= 11 is 0. The van der Waals surface area contributed by atoms with Crippen molar-refractivity contribution < 1.29 is 18.1 Å². The monoisotopic (exact) mass is 425 g/mol. The molecule has 0 aliphatic rings. The Morgan fingerprint density at radius 2 is 1.70 bits per heavy atom. The number of carbonyl (C=O) groups is 1. The van der Waals surface area contributed by atoms with E-state index in [1.165, 1.54) is 36.4 Å². The molecule has 154 valence electrons. The highest BCUT2D eigenvalue weighted by atomic mass is 32.2. The Kier molecular flexibility index (Phi) is 6.12. The van der Waals surface area contributed by atoms with Gasteiger partial charge in [0, 0.05) is 17.8 Å². The number of hydrogen-bond donors (Lipinski definition) is 1. The van der Waals surface area contributed by atoms with Gasteiger partial charge in [-0.25, -0.2) is 8.42 Å². The van der Waals surface area contributed by atoms with Gasteiger partial charge in [0.2, 0.25) is 5.91 Å². The Hall–Kier alpha value is -3.72. The number of nitrogens with zero attached hydrogens (tertiary/aromatic N) is 2. The van der Waals surface area contributed by atoms with Gasteiger partial charge in [-0.05, 0) is 42.8 Å². The third kappa shape index (κ3) is 4.81. The minimum atomic E-state index is -4.02. The number of sulfonamides is 1. The van der Waals surface area contributed by atoms with Gasteiger partial charge in [-0.15, -0.1) is 0 Å². The number of nitro groups is 1. The van der Waals surface area contributed by atoms with E-state index in [1.54, 1.807) is 36.4 Å². The van der Waals surface area contributed by atoms with E-state index in [0.717, 1.165) is 9.87 Å². The molecule has 0 saturated carbocycles.